The topological polar surface area (TPSA) is 132 Å². The average molecular weight is 470 g/mol. The molecule has 3 rings (SSSR count). The summed E-state index contributed by atoms with van der Waals surface area (Å²) in [6.45, 7) is 10.5. The lowest BCUT2D eigenvalue weighted by Crippen LogP contribution is -2.41. The molecule has 0 spiro atoms. The van der Waals surface area contributed by atoms with E-state index < -0.39 is 11.2 Å². The van der Waals surface area contributed by atoms with Crippen LogP contribution in [0.5, 0.6) is 0 Å². The molecular weight excluding hydrogens is 434 g/mol. The summed E-state index contributed by atoms with van der Waals surface area (Å²) in [4.78, 5) is 47.7. The van der Waals surface area contributed by atoms with Crippen LogP contribution in [0, 0.1) is 6.92 Å². The van der Waals surface area contributed by atoms with E-state index in [4.69, 9.17) is 5.73 Å². The largest absolute Gasteiger partial charge is 0.383 e. The highest BCUT2D eigenvalue weighted by Gasteiger charge is 2.27. The number of unbranched alkanes of at least 4 members (excludes halogenated alkanes) is 3. The zero-order chi connectivity index (χ0) is 25.0. The van der Waals surface area contributed by atoms with Crippen molar-refractivity contribution in [3.8, 4) is 0 Å². The first-order chi connectivity index (χ1) is 16.2. The number of anilines is 2. The van der Waals surface area contributed by atoms with E-state index in [-0.39, 0.29) is 23.5 Å². The van der Waals surface area contributed by atoms with Gasteiger partial charge in [0.15, 0.2) is 11.3 Å². The fourth-order valence-electron chi connectivity index (χ4n) is 4.05. The number of nitrogens with one attached hydrogen (secondary N) is 1. The molecule has 10 nitrogen and oxygen atoms in total. The van der Waals surface area contributed by atoms with E-state index in [0.717, 1.165) is 25.7 Å². The third kappa shape index (κ3) is 4.90. The van der Waals surface area contributed by atoms with Crippen molar-refractivity contribution in [2.75, 3.05) is 17.2 Å². The molecule has 0 radical (unpaired) electrons. The number of hydrogen-bond donors (Lipinski definition) is 2. The smallest absolute Gasteiger partial charge is 0.330 e. The van der Waals surface area contributed by atoms with Gasteiger partial charge in [0, 0.05) is 24.8 Å². The summed E-state index contributed by atoms with van der Waals surface area (Å²) in [5.41, 5.74) is 6.81. The standard InChI is InChI=1S/C24H35N7O3/c1-6-8-10-12-29(19-20(25)30(11-9-7-2)24(34)28-22(19)32)23(33)17-13-16(5)27-21-18(17)14-26-31(21)15(3)4/h13-15H,6-12,25H2,1-5H3,(H,28,32,34). The Labute approximate surface area is 198 Å². The number of carbonyl (C=O) groups excluding carboxylic acids is 1. The molecule has 0 aliphatic rings. The second-order valence-electron chi connectivity index (χ2n) is 8.89. The van der Waals surface area contributed by atoms with Crippen molar-refractivity contribution in [2.24, 2.45) is 0 Å². The summed E-state index contributed by atoms with van der Waals surface area (Å²) < 4.78 is 3.11. The zero-order valence-electron chi connectivity index (χ0n) is 20.7. The van der Waals surface area contributed by atoms with Crippen LogP contribution in [0.25, 0.3) is 11.0 Å². The fraction of sp³-hybridized carbons (Fsp3) is 0.542. The highest BCUT2D eigenvalue weighted by molar-refractivity contribution is 6.14. The van der Waals surface area contributed by atoms with Crippen LogP contribution in [0.3, 0.4) is 0 Å². The number of nitrogens with zero attached hydrogens (tertiary/aromatic N) is 5. The Morgan fingerprint density at radius 3 is 2.53 bits per heavy atom. The normalized spacial score (nSPS) is 11.5. The number of hydrogen-bond acceptors (Lipinski definition) is 6. The number of aromatic nitrogens is 5. The second kappa shape index (κ2) is 10.7. The highest BCUT2D eigenvalue weighted by atomic mass is 16.2. The van der Waals surface area contributed by atoms with Crippen LogP contribution in [-0.2, 0) is 6.54 Å². The van der Waals surface area contributed by atoms with Gasteiger partial charge in [0.1, 0.15) is 5.82 Å². The maximum absolute atomic E-state index is 14.0. The number of fused-ring (bicyclic) bond motifs is 1. The molecule has 3 aromatic heterocycles. The number of aromatic amines is 1. The van der Waals surface area contributed by atoms with Crippen LogP contribution < -0.4 is 21.9 Å². The van der Waals surface area contributed by atoms with Crippen molar-refractivity contribution < 1.29 is 4.79 Å². The van der Waals surface area contributed by atoms with Gasteiger partial charge in [0.25, 0.3) is 11.5 Å². The summed E-state index contributed by atoms with van der Waals surface area (Å²) >= 11 is 0. The Hall–Kier alpha value is -3.43. The molecule has 0 fully saturated rings. The minimum Gasteiger partial charge on any atom is -0.383 e. The van der Waals surface area contributed by atoms with Crippen molar-refractivity contribution >= 4 is 28.4 Å². The van der Waals surface area contributed by atoms with Gasteiger partial charge in [-0.15, -0.1) is 0 Å². The van der Waals surface area contributed by atoms with Gasteiger partial charge >= 0.3 is 5.69 Å². The second-order valence-corrected chi connectivity index (χ2v) is 8.89. The number of aryl methyl sites for hydroxylation is 1. The summed E-state index contributed by atoms with van der Waals surface area (Å²) in [5, 5.41) is 5.04. The van der Waals surface area contributed by atoms with Crippen LogP contribution in [0.1, 0.15) is 81.9 Å². The molecule has 0 aliphatic carbocycles. The van der Waals surface area contributed by atoms with E-state index in [9.17, 15) is 14.4 Å². The van der Waals surface area contributed by atoms with Crippen molar-refractivity contribution in [3.05, 3.63) is 44.4 Å². The molecule has 34 heavy (non-hydrogen) atoms. The predicted molar refractivity (Wildman–Crippen MR) is 134 cm³/mol. The molecule has 3 heterocycles. The zero-order valence-corrected chi connectivity index (χ0v) is 20.7. The van der Waals surface area contributed by atoms with Crippen molar-refractivity contribution in [2.45, 2.75) is 79.3 Å². The van der Waals surface area contributed by atoms with Crippen LogP contribution >= 0.6 is 0 Å². The van der Waals surface area contributed by atoms with Gasteiger partial charge in [0.05, 0.1) is 17.1 Å². The number of nitrogen functional groups attached to an aromatic ring is 1. The highest BCUT2D eigenvalue weighted by Crippen LogP contribution is 2.26. The summed E-state index contributed by atoms with van der Waals surface area (Å²) in [6, 6.07) is 1.78. The Morgan fingerprint density at radius 1 is 1.18 bits per heavy atom. The maximum Gasteiger partial charge on any atom is 0.330 e. The first-order valence-corrected chi connectivity index (χ1v) is 12.0. The Morgan fingerprint density at radius 2 is 1.88 bits per heavy atom. The molecule has 0 aliphatic heterocycles. The maximum atomic E-state index is 14.0. The number of amides is 1. The van der Waals surface area contributed by atoms with Gasteiger partial charge in [-0.2, -0.15) is 5.10 Å². The lowest BCUT2D eigenvalue weighted by atomic mass is 10.1. The number of rotatable bonds is 10. The number of nitrogens with two attached hydrogens (primary N) is 1. The van der Waals surface area contributed by atoms with Crippen LogP contribution in [0.15, 0.2) is 21.9 Å². The molecule has 0 unspecified atom stereocenters. The molecule has 3 N–H and O–H groups in total. The Bertz CT molecular complexity index is 1290. The van der Waals surface area contributed by atoms with E-state index in [1.54, 1.807) is 16.9 Å². The van der Waals surface area contributed by atoms with E-state index in [2.05, 4.69) is 22.0 Å². The van der Waals surface area contributed by atoms with Crippen LogP contribution in [-0.4, -0.2) is 36.8 Å². The van der Waals surface area contributed by atoms with Crippen LogP contribution in [0.4, 0.5) is 11.5 Å². The summed E-state index contributed by atoms with van der Waals surface area (Å²) in [5.74, 6) is -0.361. The van der Waals surface area contributed by atoms with Gasteiger partial charge in [-0.05, 0) is 39.7 Å². The molecule has 0 saturated heterocycles. The summed E-state index contributed by atoms with van der Waals surface area (Å²) in [6.07, 6.45) is 5.73. The molecule has 184 valence electrons. The predicted octanol–water partition coefficient (Wildman–Crippen LogP) is 3.39. The number of H-pyrrole nitrogens is 1. The van der Waals surface area contributed by atoms with Gasteiger partial charge in [-0.3, -0.25) is 19.1 Å². The molecule has 0 aromatic carbocycles. The third-order valence-corrected chi connectivity index (χ3v) is 5.86. The Kier molecular flexibility index (Phi) is 7.90. The third-order valence-electron chi connectivity index (χ3n) is 5.86. The molecule has 1 amide bonds. The monoisotopic (exact) mass is 469 g/mol. The molecular formula is C24H35N7O3. The minimum atomic E-state index is -0.667. The first-order valence-electron chi connectivity index (χ1n) is 12.0. The SMILES string of the molecule is CCCCCN(C(=O)c1cc(C)nc2c1cnn2C(C)C)c1c(N)n(CCCC)c(=O)[nH]c1=O. The van der Waals surface area contributed by atoms with Crippen LogP contribution in [0.2, 0.25) is 0 Å². The van der Waals surface area contributed by atoms with Crippen molar-refractivity contribution in [1.29, 1.82) is 0 Å². The van der Waals surface area contributed by atoms with E-state index >= 15 is 0 Å². The number of carbonyl (C=O) groups is 1. The lowest BCUT2D eigenvalue weighted by Gasteiger charge is -2.25. The average Bonchev–Trinajstić information content (AvgIpc) is 3.20. The van der Waals surface area contributed by atoms with Crippen molar-refractivity contribution in [1.82, 2.24) is 24.3 Å². The van der Waals surface area contributed by atoms with Crippen molar-refractivity contribution in [3.63, 3.8) is 0 Å². The van der Waals surface area contributed by atoms with Gasteiger partial charge in [0.2, 0.25) is 0 Å². The fourth-order valence-corrected chi connectivity index (χ4v) is 4.05. The Balaban J connectivity index is 2.19. The van der Waals surface area contributed by atoms with E-state index in [1.807, 2.05) is 27.7 Å². The van der Waals surface area contributed by atoms with E-state index in [1.165, 1.54) is 9.47 Å². The minimum absolute atomic E-state index is 0.00643. The molecule has 0 bridgehead atoms. The molecule has 0 atom stereocenters. The first kappa shape index (κ1) is 25.2. The molecule has 0 saturated carbocycles. The van der Waals surface area contributed by atoms with Gasteiger partial charge in [-0.1, -0.05) is 33.1 Å². The summed E-state index contributed by atoms with van der Waals surface area (Å²) in [7, 11) is 0. The van der Waals surface area contributed by atoms with Gasteiger partial charge < -0.3 is 10.6 Å². The molecule has 3 aromatic rings. The van der Waals surface area contributed by atoms with Gasteiger partial charge in [-0.25, -0.2) is 14.5 Å². The quantitative estimate of drug-likeness (QED) is 0.438. The lowest BCUT2D eigenvalue weighted by molar-refractivity contribution is 0.0987. The van der Waals surface area contributed by atoms with E-state index in [0.29, 0.717) is 41.8 Å². The molecule has 10 heteroatoms. The number of pyridine rings is 1.